The van der Waals surface area contributed by atoms with Crippen molar-refractivity contribution in [2.45, 2.75) is 6.18 Å². The Morgan fingerprint density at radius 1 is 0.902 bits per heavy atom. The van der Waals surface area contributed by atoms with E-state index in [4.69, 9.17) is 33.3 Å². The van der Waals surface area contributed by atoms with E-state index in [1.807, 2.05) is 18.2 Å². The Morgan fingerprint density at radius 3 is 2.12 bits per heavy atom. The molecule has 8 nitrogen and oxygen atoms in total. The van der Waals surface area contributed by atoms with Gasteiger partial charge in [0.25, 0.3) is 11.8 Å². The van der Waals surface area contributed by atoms with Gasteiger partial charge in [-0.15, -0.1) is 0 Å². The number of amides is 2. The number of para-hydroxylation sites is 1. The van der Waals surface area contributed by atoms with E-state index < -0.39 is 34.8 Å². The van der Waals surface area contributed by atoms with Crippen LogP contribution in [0, 0.1) is 0 Å². The molecular formula is C28H18ClF3N4O4S. The third-order valence-electron chi connectivity index (χ3n) is 5.79. The molecule has 1 saturated heterocycles. The van der Waals surface area contributed by atoms with Crippen molar-refractivity contribution < 1.29 is 32.2 Å². The van der Waals surface area contributed by atoms with Crippen LogP contribution in [0.3, 0.4) is 0 Å². The maximum atomic E-state index is 14.0. The van der Waals surface area contributed by atoms with Crippen LogP contribution in [0.15, 0.2) is 84.4 Å². The molecule has 0 spiro atoms. The van der Waals surface area contributed by atoms with Crippen molar-refractivity contribution in [3.8, 4) is 23.1 Å². The van der Waals surface area contributed by atoms with Crippen LogP contribution in [-0.4, -0.2) is 26.7 Å². The second-order valence-electron chi connectivity index (χ2n) is 8.61. The highest BCUT2D eigenvalue weighted by Crippen LogP contribution is 2.39. The molecular weight excluding hydrogens is 581 g/mol. The number of ether oxygens (including phenoxy) is 2. The van der Waals surface area contributed by atoms with Crippen LogP contribution in [0.1, 0.15) is 11.3 Å². The fourth-order valence-electron chi connectivity index (χ4n) is 3.92. The minimum Gasteiger partial charge on any atom is -0.457 e. The van der Waals surface area contributed by atoms with Crippen molar-refractivity contribution >= 4 is 52.5 Å². The molecule has 0 aliphatic carbocycles. The third-order valence-corrected chi connectivity index (χ3v) is 6.33. The van der Waals surface area contributed by atoms with Gasteiger partial charge < -0.3 is 9.47 Å². The van der Waals surface area contributed by atoms with Crippen LogP contribution < -0.4 is 19.7 Å². The van der Waals surface area contributed by atoms with Gasteiger partial charge in [-0.25, -0.2) is 4.68 Å². The summed E-state index contributed by atoms with van der Waals surface area (Å²) in [6, 6.07) is 21.1. The molecule has 1 aliphatic rings. The lowest BCUT2D eigenvalue weighted by Gasteiger charge is -2.29. The van der Waals surface area contributed by atoms with Gasteiger partial charge in [-0.2, -0.15) is 18.3 Å². The standard InChI is InChI=1S/C28H18ClF3N4O4S/c1-35-26(40-20-11-7-16(29)8-12-20)21(23(34-35)28(30,31)32)15-22-24(37)33-27(41)36(25(22)38)17-9-13-19(14-10-17)39-18-5-3-2-4-6-18/h2-15H,1H3,(H,33,37,41). The van der Waals surface area contributed by atoms with Crippen molar-refractivity contribution in [3.63, 3.8) is 0 Å². The smallest absolute Gasteiger partial charge is 0.435 e. The Labute approximate surface area is 241 Å². The molecule has 2 amide bonds. The summed E-state index contributed by atoms with van der Waals surface area (Å²) in [7, 11) is 1.24. The van der Waals surface area contributed by atoms with Crippen LogP contribution in [-0.2, 0) is 22.8 Å². The topological polar surface area (TPSA) is 85.7 Å². The van der Waals surface area contributed by atoms with Crippen LogP contribution in [0.4, 0.5) is 18.9 Å². The van der Waals surface area contributed by atoms with E-state index in [9.17, 15) is 22.8 Å². The fourth-order valence-corrected chi connectivity index (χ4v) is 4.33. The molecule has 1 aliphatic heterocycles. The Kier molecular flexibility index (Phi) is 7.52. The van der Waals surface area contributed by atoms with Gasteiger partial charge in [0, 0.05) is 12.1 Å². The van der Waals surface area contributed by atoms with E-state index in [1.54, 1.807) is 24.3 Å². The number of rotatable bonds is 6. The first-order valence-corrected chi connectivity index (χ1v) is 12.6. The first-order chi connectivity index (χ1) is 19.5. The number of nitrogens with one attached hydrogen (secondary N) is 1. The molecule has 1 N–H and O–H groups in total. The van der Waals surface area contributed by atoms with E-state index in [0.29, 0.717) is 16.5 Å². The highest BCUT2D eigenvalue weighted by molar-refractivity contribution is 7.80. The Bertz CT molecular complexity index is 1670. The van der Waals surface area contributed by atoms with Gasteiger partial charge in [0.2, 0.25) is 5.88 Å². The molecule has 0 radical (unpaired) electrons. The highest BCUT2D eigenvalue weighted by atomic mass is 35.5. The van der Waals surface area contributed by atoms with Gasteiger partial charge in [0.05, 0.1) is 11.3 Å². The molecule has 1 aromatic heterocycles. The second-order valence-corrected chi connectivity index (χ2v) is 9.43. The number of carbonyl (C=O) groups is 2. The Hall–Kier alpha value is -4.68. The van der Waals surface area contributed by atoms with Crippen molar-refractivity contribution in [2.75, 3.05) is 4.90 Å². The lowest BCUT2D eigenvalue weighted by molar-refractivity contribution is -0.141. The predicted molar refractivity (Wildman–Crippen MR) is 149 cm³/mol. The van der Waals surface area contributed by atoms with E-state index >= 15 is 0 Å². The number of anilines is 1. The predicted octanol–water partition coefficient (Wildman–Crippen LogP) is 6.51. The number of hydrogen-bond acceptors (Lipinski definition) is 6. The maximum Gasteiger partial charge on any atom is 0.435 e. The summed E-state index contributed by atoms with van der Waals surface area (Å²) in [5.74, 6) is -1.06. The number of aromatic nitrogens is 2. The minimum absolute atomic E-state index is 0.158. The largest absolute Gasteiger partial charge is 0.457 e. The molecule has 13 heteroatoms. The van der Waals surface area contributed by atoms with Gasteiger partial charge >= 0.3 is 6.18 Å². The van der Waals surface area contributed by atoms with Crippen LogP contribution in [0.5, 0.6) is 23.1 Å². The highest BCUT2D eigenvalue weighted by Gasteiger charge is 2.41. The number of nitrogens with zero attached hydrogens (tertiary/aromatic N) is 3. The Morgan fingerprint density at radius 2 is 1.49 bits per heavy atom. The van der Waals surface area contributed by atoms with Crippen molar-refractivity contribution in [1.29, 1.82) is 0 Å². The van der Waals surface area contributed by atoms with Gasteiger partial charge in [0.1, 0.15) is 22.8 Å². The van der Waals surface area contributed by atoms with E-state index in [2.05, 4.69) is 10.4 Å². The number of alkyl halides is 3. The first kappa shape index (κ1) is 27.9. The van der Waals surface area contributed by atoms with Crippen LogP contribution in [0.2, 0.25) is 5.02 Å². The van der Waals surface area contributed by atoms with E-state index in [0.717, 1.165) is 15.7 Å². The van der Waals surface area contributed by atoms with Crippen LogP contribution in [0.25, 0.3) is 6.08 Å². The van der Waals surface area contributed by atoms with Crippen LogP contribution >= 0.6 is 23.8 Å². The molecule has 208 valence electrons. The number of aryl methyl sites for hydroxylation is 1. The molecule has 3 aromatic carbocycles. The summed E-state index contributed by atoms with van der Waals surface area (Å²) in [6.07, 6.45) is -4.13. The van der Waals surface area contributed by atoms with Gasteiger partial charge in [0.15, 0.2) is 10.8 Å². The third kappa shape index (κ3) is 5.93. The number of halogens is 4. The normalized spacial score (nSPS) is 14.8. The first-order valence-electron chi connectivity index (χ1n) is 11.8. The average Bonchev–Trinajstić information content (AvgIpc) is 3.24. The average molecular weight is 599 g/mol. The maximum absolute atomic E-state index is 14.0. The molecule has 1 fully saturated rings. The zero-order chi connectivity index (χ0) is 29.3. The summed E-state index contributed by atoms with van der Waals surface area (Å²) in [6.45, 7) is 0. The summed E-state index contributed by atoms with van der Waals surface area (Å²) in [5, 5.41) is 6.05. The minimum atomic E-state index is -4.93. The fraction of sp³-hybridized carbons (Fsp3) is 0.0714. The van der Waals surface area contributed by atoms with Crippen molar-refractivity contribution in [3.05, 3.63) is 101 Å². The lowest BCUT2D eigenvalue weighted by atomic mass is 10.1. The molecule has 0 atom stereocenters. The monoisotopic (exact) mass is 598 g/mol. The van der Waals surface area contributed by atoms with Crippen molar-refractivity contribution in [1.82, 2.24) is 15.1 Å². The SMILES string of the molecule is Cn1nc(C(F)(F)F)c(C=C2C(=O)NC(=S)N(c3ccc(Oc4ccccc4)cc3)C2=O)c1Oc1ccc(Cl)cc1. The molecule has 0 saturated carbocycles. The number of benzene rings is 3. The summed E-state index contributed by atoms with van der Waals surface area (Å²) < 4.78 is 54.2. The quantitative estimate of drug-likeness (QED) is 0.155. The summed E-state index contributed by atoms with van der Waals surface area (Å²) in [5.41, 5.74) is -2.32. The van der Waals surface area contributed by atoms with Gasteiger partial charge in [-0.05, 0) is 79.0 Å². The Balaban J connectivity index is 1.51. The molecule has 0 bridgehead atoms. The molecule has 2 heterocycles. The van der Waals surface area contributed by atoms with Gasteiger partial charge in [-0.1, -0.05) is 29.8 Å². The number of carbonyl (C=O) groups excluding carboxylic acids is 2. The lowest BCUT2D eigenvalue weighted by Crippen LogP contribution is -2.54. The second kappa shape index (κ2) is 11.1. The van der Waals surface area contributed by atoms with E-state index in [-0.39, 0.29) is 22.4 Å². The number of thiocarbonyl (C=S) groups is 1. The molecule has 5 rings (SSSR count). The zero-order valence-corrected chi connectivity index (χ0v) is 22.6. The van der Waals surface area contributed by atoms with Crippen molar-refractivity contribution in [2.24, 2.45) is 7.05 Å². The van der Waals surface area contributed by atoms with E-state index in [1.165, 1.54) is 43.4 Å². The number of hydrogen-bond donors (Lipinski definition) is 1. The summed E-state index contributed by atoms with van der Waals surface area (Å²) in [4.78, 5) is 27.3. The summed E-state index contributed by atoms with van der Waals surface area (Å²) >= 11 is 11.1. The molecule has 0 unspecified atom stereocenters. The zero-order valence-electron chi connectivity index (χ0n) is 21.0. The molecule has 4 aromatic rings. The van der Waals surface area contributed by atoms with Gasteiger partial charge in [-0.3, -0.25) is 19.8 Å². The molecule has 41 heavy (non-hydrogen) atoms.